The number of carbonyl (C=O) groups excluding carboxylic acids is 1. The molecule has 0 radical (unpaired) electrons. The van der Waals surface area contributed by atoms with Crippen LogP contribution in [0.15, 0.2) is 35.0 Å². The fraction of sp³-hybridized carbons (Fsp3) is 0.458. The summed E-state index contributed by atoms with van der Waals surface area (Å²) < 4.78 is 4.98. The van der Waals surface area contributed by atoms with Crippen LogP contribution in [0.5, 0.6) is 5.75 Å². The smallest absolute Gasteiger partial charge is 0.370 e. The maximum atomic E-state index is 13.1. The van der Waals surface area contributed by atoms with Crippen LogP contribution in [0.4, 0.5) is 17.3 Å². The first-order chi connectivity index (χ1) is 16.5. The van der Waals surface area contributed by atoms with E-state index in [0.717, 1.165) is 18.0 Å². The number of thiophene rings is 1. The molecule has 4 N–H and O–H groups in total. The molecular formula is C24H33N6O4S+. The second-order valence-electron chi connectivity index (χ2n) is 9.96. The number of nitrogens with one attached hydrogen (secondary N) is 2. The number of nitrogens with zero attached hydrogens (tertiary/aromatic N) is 4. The van der Waals surface area contributed by atoms with Crippen molar-refractivity contribution in [3.63, 3.8) is 0 Å². The van der Waals surface area contributed by atoms with Gasteiger partial charge in [0, 0.05) is 35.9 Å². The highest BCUT2D eigenvalue weighted by molar-refractivity contribution is 7.12. The Morgan fingerprint density at radius 1 is 1.20 bits per heavy atom. The summed E-state index contributed by atoms with van der Waals surface area (Å²) in [6.07, 6.45) is 0. The summed E-state index contributed by atoms with van der Waals surface area (Å²) in [7, 11) is 2.02. The Balaban J connectivity index is 1.60. The summed E-state index contributed by atoms with van der Waals surface area (Å²) >= 11 is 1.68. The van der Waals surface area contributed by atoms with E-state index in [1.165, 1.54) is 4.88 Å². The minimum atomic E-state index is -0.236. The lowest BCUT2D eigenvalue weighted by atomic mass is 9.86. The number of hydrogen-bond acceptors (Lipinski definition) is 9. The lowest BCUT2D eigenvalue weighted by molar-refractivity contribution is -1.03. The van der Waals surface area contributed by atoms with Crippen molar-refractivity contribution in [2.24, 2.45) is 5.41 Å². The number of phenols is 1. The molecule has 35 heavy (non-hydrogen) atoms. The number of anilines is 3. The molecule has 0 saturated carbocycles. The van der Waals surface area contributed by atoms with E-state index in [1.807, 2.05) is 7.05 Å². The van der Waals surface area contributed by atoms with Gasteiger partial charge in [-0.15, -0.1) is 11.3 Å². The van der Waals surface area contributed by atoms with Crippen molar-refractivity contribution in [2.45, 2.75) is 33.7 Å². The molecule has 3 aromatic rings. The fourth-order valence-electron chi connectivity index (χ4n) is 4.04. The normalized spacial score (nSPS) is 15.7. The van der Waals surface area contributed by atoms with Gasteiger partial charge in [0.15, 0.2) is 5.75 Å². The molecular weight excluding hydrogens is 468 g/mol. The summed E-state index contributed by atoms with van der Waals surface area (Å²) in [4.78, 5) is 19.8. The van der Waals surface area contributed by atoms with Crippen molar-refractivity contribution in [2.75, 3.05) is 43.9 Å². The van der Waals surface area contributed by atoms with E-state index in [9.17, 15) is 15.1 Å². The Hall–Kier alpha value is -3.31. The third-order valence-corrected chi connectivity index (χ3v) is 7.19. The number of benzene rings is 1. The summed E-state index contributed by atoms with van der Waals surface area (Å²) in [6, 6.07) is 8.91. The Morgan fingerprint density at radius 2 is 1.91 bits per heavy atom. The van der Waals surface area contributed by atoms with Gasteiger partial charge in [-0.2, -0.15) is 0 Å². The van der Waals surface area contributed by atoms with E-state index >= 15 is 0 Å². The second kappa shape index (κ2) is 9.74. The number of aromatic hydroxyl groups is 1. The Labute approximate surface area is 208 Å². The highest BCUT2D eigenvalue weighted by Gasteiger charge is 2.34. The molecule has 1 aromatic carbocycles. The zero-order valence-electron chi connectivity index (χ0n) is 20.7. The van der Waals surface area contributed by atoms with Gasteiger partial charge in [0.05, 0.1) is 11.6 Å². The number of likely N-dealkylation sites (N-methyl/N-ethyl adjacent to an activating group) is 1. The first-order valence-electron chi connectivity index (χ1n) is 11.6. The van der Waals surface area contributed by atoms with Crippen LogP contribution in [0.2, 0.25) is 0 Å². The molecule has 10 nitrogen and oxygen atoms in total. The number of piperazine rings is 1. The topological polar surface area (TPSA) is 118 Å². The minimum absolute atomic E-state index is 0.104. The Morgan fingerprint density at radius 3 is 2.54 bits per heavy atom. The van der Waals surface area contributed by atoms with Gasteiger partial charge >= 0.3 is 11.6 Å². The lowest BCUT2D eigenvalue weighted by Gasteiger charge is -2.32. The maximum Gasteiger partial charge on any atom is 0.370 e. The number of carbonyl (C=O) groups is 1. The van der Waals surface area contributed by atoms with Crippen LogP contribution in [0.3, 0.4) is 0 Å². The number of aryl methyl sites for hydroxylation is 1. The highest BCUT2D eigenvalue weighted by Crippen LogP contribution is 2.40. The predicted molar refractivity (Wildman–Crippen MR) is 134 cm³/mol. The van der Waals surface area contributed by atoms with Gasteiger partial charge in [-0.1, -0.05) is 31.5 Å². The molecule has 1 saturated heterocycles. The Bertz CT molecular complexity index is 1190. The number of phenolic OH excluding ortho intramolecular Hbond substituents is 1. The number of amides is 1. The van der Waals surface area contributed by atoms with Crippen molar-refractivity contribution in [3.05, 3.63) is 45.6 Å². The number of aromatic nitrogens is 2. The second-order valence-corrected chi connectivity index (χ2v) is 11.3. The van der Waals surface area contributed by atoms with E-state index in [2.05, 4.69) is 60.5 Å². The number of hydrogen-bond donors (Lipinski definition) is 4. The van der Waals surface area contributed by atoms with Crippen molar-refractivity contribution in [3.8, 4) is 5.75 Å². The third-order valence-electron chi connectivity index (χ3n) is 6.13. The molecule has 1 fully saturated rings. The molecule has 1 amide bonds. The Kier molecular flexibility index (Phi) is 6.91. The zero-order valence-corrected chi connectivity index (χ0v) is 21.5. The molecule has 4 rings (SSSR count). The van der Waals surface area contributed by atoms with E-state index in [4.69, 9.17) is 4.63 Å². The summed E-state index contributed by atoms with van der Waals surface area (Å²) in [5.41, 5.74) is 0.264. The summed E-state index contributed by atoms with van der Waals surface area (Å²) in [5.74, 6) is -0.0637. The first kappa shape index (κ1) is 24.8. The van der Waals surface area contributed by atoms with Crippen molar-refractivity contribution >= 4 is 34.6 Å². The molecule has 1 aliphatic heterocycles. The van der Waals surface area contributed by atoms with E-state index in [0.29, 0.717) is 18.0 Å². The van der Waals surface area contributed by atoms with Gasteiger partial charge in [0.25, 0.3) is 5.91 Å². The maximum absolute atomic E-state index is 13.1. The van der Waals surface area contributed by atoms with Crippen LogP contribution in [0.25, 0.3) is 0 Å². The van der Waals surface area contributed by atoms with Crippen LogP contribution < -0.4 is 15.5 Å². The zero-order chi connectivity index (χ0) is 25.3. The molecule has 0 aliphatic carbocycles. The van der Waals surface area contributed by atoms with Crippen molar-refractivity contribution < 1.29 is 24.6 Å². The predicted octanol–water partition coefficient (Wildman–Crippen LogP) is 3.61. The van der Waals surface area contributed by atoms with Gasteiger partial charge < -0.3 is 25.4 Å². The molecule has 0 spiro atoms. The van der Waals surface area contributed by atoms with Crippen molar-refractivity contribution in [1.29, 1.82) is 0 Å². The number of para-hydroxylation sites is 1. The molecule has 0 bridgehead atoms. The fourth-order valence-corrected chi connectivity index (χ4v) is 5.21. The standard InChI is InChI=1S/C24H32N6O4S/c1-15-9-10-18(35-15)20(24(2,3)4)26-21-22(30(33)34-27-21)25-17-8-6-7-16(19(17)31)23(32)29-13-11-28(5)12-14-29/h6-10,20,33H,11-14H2,1-5H3,(H2,26,27,31,32)/p+1/t20-/m0/s1. The summed E-state index contributed by atoms with van der Waals surface area (Å²) in [5, 5.41) is 31.6. The van der Waals surface area contributed by atoms with Gasteiger partial charge in [0.2, 0.25) is 0 Å². The largest absolute Gasteiger partial charge is 0.504 e. The minimum Gasteiger partial charge on any atom is -0.504 e. The third kappa shape index (κ3) is 5.35. The van der Waals surface area contributed by atoms with Gasteiger partial charge in [-0.3, -0.25) is 10.1 Å². The average Bonchev–Trinajstić information content (AvgIpc) is 3.38. The van der Waals surface area contributed by atoms with Crippen LogP contribution >= 0.6 is 11.3 Å². The molecule has 1 aliphatic rings. The summed E-state index contributed by atoms with van der Waals surface area (Å²) in [6.45, 7) is 11.1. The van der Waals surface area contributed by atoms with E-state index in [-0.39, 0.29) is 46.0 Å². The van der Waals surface area contributed by atoms with E-state index in [1.54, 1.807) is 34.4 Å². The molecule has 188 valence electrons. The molecule has 3 heterocycles. The van der Waals surface area contributed by atoms with Crippen LogP contribution in [0.1, 0.15) is 46.9 Å². The van der Waals surface area contributed by atoms with Crippen LogP contribution in [-0.2, 0) is 0 Å². The first-order valence-corrected chi connectivity index (χ1v) is 12.4. The monoisotopic (exact) mass is 501 g/mol. The van der Waals surface area contributed by atoms with Gasteiger partial charge in [-0.25, -0.2) is 0 Å². The molecule has 1 atom stereocenters. The average molecular weight is 502 g/mol. The lowest BCUT2D eigenvalue weighted by Crippen LogP contribution is -2.47. The van der Waals surface area contributed by atoms with E-state index < -0.39 is 0 Å². The quantitative estimate of drug-likeness (QED) is 0.299. The molecule has 11 heteroatoms. The molecule has 0 unspecified atom stereocenters. The van der Waals surface area contributed by atoms with Gasteiger partial charge in [-0.05, 0) is 43.7 Å². The van der Waals surface area contributed by atoms with Crippen LogP contribution in [0, 0.1) is 12.3 Å². The van der Waals surface area contributed by atoms with Crippen molar-refractivity contribution in [1.82, 2.24) is 15.0 Å². The van der Waals surface area contributed by atoms with Gasteiger partial charge in [0.1, 0.15) is 15.7 Å². The molecule has 2 aromatic heterocycles. The van der Waals surface area contributed by atoms with Crippen LogP contribution in [-0.4, -0.2) is 64.4 Å². The SMILES string of the molecule is Cc1ccc([C@H](Nc2no[n+](O)c2Nc2cccc(C(=O)N3CCN(C)CC3)c2O)C(C)(C)C)s1. The highest BCUT2D eigenvalue weighted by atomic mass is 32.1. The number of rotatable bonds is 6.